The first-order valence-electron chi connectivity index (χ1n) is 4.48. The lowest BCUT2D eigenvalue weighted by atomic mass is 9.97. The van der Waals surface area contributed by atoms with Gasteiger partial charge in [0.25, 0.3) is 0 Å². The first-order valence-corrected chi connectivity index (χ1v) is 6.89. The van der Waals surface area contributed by atoms with Gasteiger partial charge < -0.3 is 0 Å². The zero-order chi connectivity index (χ0) is 11.4. The van der Waals surface area contributed by atoms with Crippen molar-refractivity contribution in [3.63, 3.8) is 0 Å². The summed E-state index contributed by atoms with van der Waals surface area (Å²) < 4.78 is 1.68. The van der Waals surface area contributed by atoms with Crippen molar-refractivity contribution in [2.24, 2.45) is 5.92 Å². The number of thiophene rings is 1. The van der Waals surface area contributed by atoms with Gasteiger partial charge >= 0.3 is 0 Å². The van der Waals surface area contributed by atoms with Crippen molar-refractivity contribution in [2.45, 2.75) is 19.8 Å². The molecule has 0 amide bonds. The van der Waals surface area contributed by atoms with E-state index in [2.05, 4.69) is 37.9 Å². The van der Waals surface area contributed by atoms with E-state index in [1.165, 1.54) is 11.3 Å². The molecule has 1 rings (SSSR count). The van der Waals surface area contributed by atoms with E-state index in [9.17, 15) is 4.79 Å². The highest BCUT2D eigenvalue weighted by Crippen LogP contribution is 2.33. The van der Waals surface area contributed by atoms with Crippen LogP contribution in [0.2, 0.25) is 0 Å². The van der Waals surface area contributed by atoms with Gasteiger partial charge in [-0.05, 0) is 44.3 Å². The van der Waals surface area contributed by atoms with Crippen LogP contribution in [0.4, 0.5) is 0 Å². The molecule has 1 unspecified atom stereocenters. The van der Waals surface area contributed by atoms with Crippen LogP contribution in [0.25, 0.3) is 0 Å². The molecule has 1 aromatic rings. The number of carbonyl (C=O) groups excluding carboxylic acids is 1. The molecule has 0 saturated carbocycles. The van der Waals surface area contributed by atoms with E-state index in [0.717, 1.165) is 14.0 Å². The van der Waals surface area contributed by atoms with E-state index < -0.39 is 5.92 Å². The molecule has 0 aliphatic rings. The molecule has 1 heterocycles. The van der Waals surface area contributed by atoms with Crippen LogP contribution in [0.5, 0.6) is 0 Å². The summed E-state index contributed by atoms with van der Waals surface area (Å²) in [6.07, 6.45) is 1.46. The van der Waals surface area contributed by atoms with Crippen LogP contribution in [0.15, 0.2) is 13.6 Å². The van der Waals surface area contributed by atoms with Crippen molar-refractivity contribution in [3.8, 4) is 6.07 Å². The Morgan fingerprint density at radius 1 is 1.67 bits per heavy atom. The number of hydrogen-bond acceptors (Lipinski definition) is 3. The van der Waals surface area contributed by atoms with Crippen molar-refractivity contribution in [1.82, 2.24) is 0 Å². The number of carbonyl (C=O) groups is 1. The minimum Gasteiger partial charge on any atom is -0.293 e. The van der Waals surface area contributed by atoms with Gasteiger partial charge in [-0.25, -0.2) is 0 Å². The summed E-state index contributed by atoms with van der Waals surface area (Å²) in [5.74, 6) is -0.610. The summed E-state index contributed by atoms with van der Waals surface area (Å²) >= 11 is 8.09. The Morgan fingerprint density at radius 2 is 2.33 bits per heavy atom. The molecule has 0 aromatic carbocycles. The molecule has 0 aliphatic heterocycles. The van der Waals surface area contributed by atoms with Gasteiger partial charge in [0.1, 0.15) is 5.92 Å². The van der Waals surface area contributed by atoms with Crippen LogP contribution in [-0.2, 0) is 0 Å². The third-order valence-electron chi connectivity index (χ3n) is 1.97. The van der Waals surface area contributed by atoms with Crippen LogP contribution in [0.3, 0.4) is 0 Å². The standard InChI is InChI=1S/C10H9Br2NOS/c1-2-3-6(5-13)9(14)7-4-8(11)15-10(7)12/h4,6H,2-3H2,1H3. The highest BCUT2D eigenvalue weighted by atomic mass is 79.9. The lowest BCUT2D eigenvalue weighted by Gasteiger charge is -2.04. The lowest BCUT2D eigenvalue weighted by molar-refractivity contribution is 0.0943. The smallest absolute Gasteiger partial charge is 0.182 e. The van der Waals surface area contributed by atoms with E-state index in [1.807, 2.05) is 6.92 Å². The molecular weight excluding hydrogens is 342 g/mol. The number of hydrogen-bond donors (Lipinski definition) is 0. The molecule has 80 valence electrons. The number of Topliss-reactive ketones (excluding diaryl/α,β-unsaturated/α-hetero) is 1. The molecular formula is C10H9Br2NOS. The Balaban J connectivity index is 2.93. The first-order chi connectivity index (χ1) is 7.10. The summed E-state index contributed by atoms with van der Waals surface area (Å²) in [5.41, 5.74) is 0.604. The van der Waals surface area contributed by atoms with Crippen molar-refractivity contribution in [1.29, 1.82) is 5.26 Å². The maximum atomic E-state index is 11.9. The Morgan fingerprint density at radius 3 is 2.73 bits per heavy atom. The highest BCUT2D eigenvalue weighted by molar-refractivity contribution is 9.12. The fourth-order valence-electron chi connectivity index (χ4n) is 1.24. The molecule has 0 N–H and O–H groups in total. The SMILES string of the molecule is CCCC(C#N)C(=O)c1cc(Br)sc1Br. The monoisotopic (exact) mass is 349 g/mol. The van der Waals surface area contributed by atoms with E-state index in [-0.39, 0.29) is 5.78 Å². The van der Waals surface area contributed by atoms with Crippen molar-refractivity contribution in [2.75, 3.05) is 0 Å². The second-order valence-corrected chi connectivity index (χ2v) is 6.82. The van der Waals surface area contributed by atoms with Gasteiger partial charge in [-0.3, -0.25) is 4.79 Å². The van der Waals surface area contributed by atoms with Gasteiger partial charge in [0.05, 0.1) is 13.6 Å². The van der Waals surface area contributed by atoms with Crippen LogP contribution in [-0.4, -0.2) is 5.78 Å². The Kier molecular flexibility index (Phi) is 4.97. The van der Waals surface area contributed by atoms with Gasteiger partial charge in [-0.2, -0.15) is 5.26 Å². The van der Waals surface area contributed by atoms with Crippen LogP contribution >= 0.6 is 43.2 Å². The molecule has 0 saturated heterocycles. The quantitative estimate of drug-likeness (QED) is 0.755. The summed E-state index contributed by atoms with van der Waals surface area (Å²) in [6.45, 7) is 1.97. The van der Waals surface area contributed by atoms with Gasteiger partial charge in [0, 0.05) is 5.56 Å². The minimum absolute atomic E-state index is 0.0897. The molecule has 0 aliphatic carbocycles. The van der Waals surface area contributed by atoms with Gasteiger partial charge in [-0.1, -0.05) is 13.3 Å². The number of nitriles is 1. The normalized spacial score (nSPS) is 12.1. The molecule has 1 aromatic heterocycles. The number of nitrogens with zero attached hydrogens (tertiary/aromatic N) is 1. The molecule has 0 fully saturated rings. The van der Waals surface area contributed by atoms with Gasteiger partial charge in [-0.15, -0.1) is 11.3 Å². The Bertz CT molecular complexity index is 408. The summed E-state index contributed by atoms with van der Waals surface area (Å²) in [4.78, 5) is 11.9. The molecule has 1 atom stereocenters. The molecule has 0 radical (unpaired) electrons. The largest absolute Gasteiger partial charge is 0.293 e. The fraction of sp³-hybridized carbons (Fsp3) is 0.400. The third kappa shape index (κ3) is 3.13. The van der Waals surface area contributed by atoms with E-state index in [1.54, 1.807) is 6.07 Å². The molecule has 5 heteroatoms. The van der Waals surface area contributed by atoms with Crippen LogP contribution < -0.4 is 0 Å². The zero-order valence-electron chi connectivity index (χ0n) is 8.09. The summed E-state index contributed by atoms with van der Waals surface area (Å²) in [6, 6.07) is 3.82. The van der Waals surface area contributed by atoms with Crippen molar-refractivity contribution in [3.05, 3.63) is 19.2 Å². The van der Waals surface area contributed by atoms with E-state index in [4.69, 9.17) is 5.26 Å². The Hall–Kier alpha value is -0.180. The first kappa shape index (κ1) is 12.9. The fourth-order valence-corrected chi connectivity index (χ4v) is 4.06. The average molecular weight is 351 g/mol. The maximum Gasteiger partial charge on any atom is 0.182 e. The second-order valence-electron chi connectivity index (χ2n) is 3.07. The van der Waals surface area contributed by atoms with E-state index >= 15 is 0 Å². The number of halogens is 2. The topological polar surface area (TPSA) is 40.9 Å². The minimum atomic E-state index is -0.521. The maximum absolute atomic E-state index is 11.9. The lowest BCUT2D eigenvalue weighted by Crippen LogP contribution is -2.12. The van der Waals surface area contributed by atoms with Crippen molar-refractivity contribution >= 4 is 49.0 Å². The average Bonchev–Trinajstić information content (AvgIpc) is 2.53. The molecule has 0 bridgehead atoms. The van der Waals surface area contributed by atoms with Crippen molar-refractivity contribution < 1.29 is 4.79 Å². The van der Waals surface area contributed by atoms with Crippen LogP contribution in [0.1, 0.15) is 30.1 Å². The molecule has 0 spiro atoms. The number of ketones is 1. The van der Waals surface area contributed by atoms with Gasteiger partial charge in [0.15, 0.2) is 5.78 Å². The zero-order valence-corrected chi connectivity index (χ0v) is 12.1. The van der Waals surface area contributed by atoms with E-state index in [0.29, 0.717) is 12.0 Å². The highest BCUT2D eigenvalue weighted by Gasteiger charge is 2.22. The molecule has 2 nitrogen and oxygen atoms in total. The summed E-state index contributed by atoms with van der Waals surface area (Å²) in [5, 5.41) is 8.89. The number of rotatable bonds is 4. The molecule has 15 heavy (non-hydrogen) atoms. The Labute approximate surface area is 110 Å². The van der Waals surface area contributed by atoms with Crippen LogP contribution in [0, 0.1) is 17.2 Å². The predicted molar refractivity (Wildman–Crippen MR) is 68.1 cm³/mol. The third-order valence-corrected chi connectivity index (χ3v) is 4.31. The summed E-state index contributed by atoms with van der Waals surface area (Å²) in [7, 11) is 0. The van der Waals surface area contributed by atoms with Gasteiger partial charge in [0.2, 0.25) is 0 Å². The second kappa shape index (κ2) is 5.78. The predicted octanol–water partition coefficient (Wildman–Crippen LogP) is 4.40.